The van der Waals surface area contributed by atoms with Gasteiger partial charge in [-0.1, -0.05) is 0 Å². The molecule has 1 aromatic carbocycles. The van der Waals surface area contributed by atoms with E-state index in [2.05, 4.69) is 10.1 Å². The molecule has 0 spiro atoms. The summed E-state index contributed by atoms with van der Waals surface area (Å²) in [6, 6.07) is 4.55. The molecule has 0 aliphatic carbocycles. The molecule has 3 aromatic rings. The highest BCUT2D eigenvalue weighted by molar-refractivity contribution is 6.16. The Morgan fingerprint density at radius 1 is 1.37 bits per heavy atom. The van der Waals surface area contributed by atoms with Crippen LogP contribution >= 0.6 is 11.6 Å². The molecule has 0 aliphatic rings. The van der Waals surface area contributed by atoms with E-state index in [1.807, 2.05) is 17.8 Å². The van der Waals surface area contributed by atoms with Crippen molar-refractivity contribution in [3.63, 3.8) is 0 Å². The Bertz CT molecular complexity index is 731. The first-order valence-corrected chi connectivity index (χ1v) is 6.39. The quantitative estimate of drug-likeness (QED) is 0.691. The van der Waals surface area contributed by atoms with Crippen LogP contribution in [0.15, 0.2) is 30.6 Å². The molecule has 0 unspecified atom stereocenters. The predicted octanol–water partition coefficient (Wildman–Crippen LogP) is 2.70. The molecular weight excluding hydrogens is 267 g/mol. The Morgan fingerprint density at radius 2 is 2.21 bits per heavy atom. The van der Waals surface area contributed by atoms with Crippen molar-refractivity contribution < 1.29 is 4.39 Å². The summed E-state index contributed by atoms with van der Waals surface area (Å²) in [5, 5.41) is 4.13. The second-order valence-corrected chi connectivity index (χ2v) is 4.67. The summed E-state index contributed by atoms with van der Waals surface area (Å²) in [4.78, 5) is 4.41. The third-order valence-corrected chi connectivity index (χ3v) is 3.25. The van der Waals surface area contributed by atoms with Crippen LogP contribution in [0.3, 0.4) is 0 Å². The fraction of sp³-hybridized carbons (Fsp3) is 0.231. The third-order valence-electron chi connectivity index (χ3n) is 3.01. The molecule has 3 rings (SSSR count). The Morgan fingerprint density at radius 3 is 2.89 bits per heavy atom. The molecule has 0 radical (unpaired) electrons. The molecule has 6 heteroatoms. The molecule has 0 fully saturated rings. The van der Waals surface area contributed by atoms with E-state index in [1.165, 1.54) is 12.1 Å². The van der Waals surface area contributed by atoms with Crippen LogP contribution in [0.2, 0.25) is 0 Å². The maximum Gasteiger partial charge on any atom is 0.125 e. The number of alkyl halides is 1. The molecule has 2 heterocycles. The minimum Gasteiger partial charge on any atom is -0.322 e. The second-order valence-electron chi connectivity index (χ2n) is 4.40. The van der Waals surface area contributed by atoms with Gasteiger partial charge in [0.25, 0.3) is 0 Å². The van der Waals surface area contributed by atoms with Crippen molar-refractivity contribution in [2.24, 2.45) is 7.05 Å². The number of aryl methyl sites for hydroxylation is 1. The van der Waals surface area contributed by atoms with Gasteiger partial charge in [-0.25, -0.2) is 9.37 Å². The number of halogens is 2. The first-order valence-electron chi connectivity index (χ1n) is 5.85. The minimum atomic E-state index is -0.277. The average Bonchev–Trinajstić information content (AvgIpc) is 2.94. The van der Waals surface area contributed by atoms with Crippen LogP contribution in [0.5, 0.6) is 0 Å². The molecule has 0 amide bonds. The number of hydrogen-bond donors (Lipinski definition) is 0. The average molecular weight is 279 g/mol. The van der Waals surface area contributed by atoms with Crippen LogP contribution in [0.1, 0.15) is 11.4 Å². The lowest BCUT2D eigenvalue weighted by Crippen LogP contribution is -2.03. The Kier molecular flexibility index (Phi) is 2.98. The van der Waals surface area contributed by atoms with Crippen molar-refractivity contribution in [2.75, 3.05) is 0 Å². The summed E-state index contributed by atoms with van der Waals surface area (Å²) in [5.41, 5.74) is 2.53. The van der Waals surface area contributed by atoms with Gasteiger partial charge < -0.3 is 4.57 Å². The molecule has 19 heavy (non-hydrogen) atoms. The van der Waals surface area contributed by atoms with Gasteiger partial charge in [0, 0.05) is 18.8 Å². The number of imidazole rings is 1. The zero-order valence-corrected chi connectivity index (χ0v) is 11.1. The molecule has 0 saturated heterocycles. The van der Waals surface area contributed by atoms with E-state index >= 15 is 0 Å². The van der Waals surface area contributed by atoms with Crippen molar-refractivity contribution in [2.45, 2.75) is 12.4 Å². The van der Waals surface area contributed by atoms with Gasteiger partial charge in [-0.15, -0.1) is 11.6 Å². The van der Waals surface area contributed by atoms with E-state index in [9.17, 15) is 4.39 Å². The zero-order chi connectivity index (χ0) is 13.4. The summed E-state index contributed by atoms with van der Waals surface area (Å²) in [5.74, 6) is 0.739. The summed E-state index contributed by atoms with van der Waals surface area (Å²) in [6.45, 7) is 0.579. The summed E-state index contributed by atoms with van der Waals surface area (Å²) >= 11 is 5.92. The molecule has 4 nitrogen and oxygen atoms in total. The highest BCUT2D eigenvalue weighted by Crippen LogP contribution is 2.20. The normalized spacial score (nSPS) is 11.3. The lowest BCUT2D eigenvalue weighted by molar-refractivity contribution is 0.628. The molecule has 2 aromatic heterocycles. The maximum absolute atomic E-state index is 13.4. The monoisotopic (exact) mass is 278 g/mol. The lowest BCUT2D eigenvalue weighted by atomic mass is 10.3. The number of aromatic nitrogens is 4. The number of nitrogens with zero attached hydrogens (tertiary/aromatic N) is 4. The smallest absolute Gasteiger partial charge is 0.125 e. The van der Waals surface area contributed by atoms with Crippen molar-refractivity contribution in [1.82, 2.24) is 19.3 Å². The van der Waals surface area contributed by atoms with Crippen LogP contribution < -0.4 is 0 Å². The molecule has 0 N–H and O–H groups in total. The summed E-state index contributed by atoms with van der Waals surface area (Å²) in [7, 11) is 1.86. The first-order chi connectivity index (χ1) is 9.17. The summed E-state index contributed by atoms with van der Waals surface area (Å²) in [6.07, 6.45) is 3.70. The second kappa shape index (κ2) is 4.66. The number of rotatable bonds is 3. The van der Waals surface area contributed by atoms with E-state index in [0.29, 0.717) is 6.54 Å². The van der Waals surface area contributed by atoms with Crippen molar-refractivity contribution >= 4 is 22.6 Å². The van der Waals surface area contributed by atoms with E-state index in [4.69, 9.17) is 11.6 Å². The Labute approximate surface area is 114 Å². The third kappa shape index (κ3) is 2.21. The fourth-order valence-corrected chi connectivity index (χ4v) is 2.36. The van der Waals surface area contributed by atoms with E-state index in [0.717, 1.165) is 22.4 Å². The van der Waals surface area contributed by atoms with Gasteiger partial charge in [0.05, 0.1) is 29.7 Å². The summed E-state index contributed by atoms with van der Waals surface area (Å²) < 4.78 is 17.0. The molecular formula is C13H12ClFN4. The van der Waals surface area contributed by atoms with Gasteiger partial charge >= 0.3 is 0 Å². The van der Waals surface area contributed by atoms with Crippen LogP contribution in [-0.4, -0.2) is 19.3 Å². The van der Waals surface area contributed by atoms with Gasteiger partial charge in [0.15, 0.2) is 0 Å². The molecule has 98 valence electrons. The zero-order valence-electron chi connectivity index (χ0n) is 10.3. The van der Waals surface area contributed by atoms with Crippen molar-refractivity contribution in [1.29, 1.82) is 0 Å². The van der Waals surface area contributed by atoms with E-state index < -0.39 is 0 Å². The highest BCUT2D eigenvalue weighted by Gasteiger charge is 2.11. The van der Waals surface area contributed by atoms with Crippen molar-refractivity contribution in [3.8, 4) is 0 Å². The Hall–Kier alpha value is -1.88. The standard InChI is InChI=1S/C13H12ClFN4/c1-18-7-9(6-16-18)8-19-12-4-10(15)2-3-11(12)17-13(19)5-14/h2-4,6-7H,5,8H2,1H3. The van der Waals surface area contributed by atoms with E-state index in [-0.39, 0.29) is 11.7 Å². The number of benzene rings is 1. The SMILES string of the molecule is Cn1cc(Cn2c(CCl)nc3ccc(F)cc32)cn1. The van der Waals surface area contributed by atoms with Gasteiger partial charge in [-0.05, 0) is 18.2 Å². The molecule has 0 saturated carbocycles. The van der Waals surface area contributed by atoms with Crippen LogP contribution in [0.25, 0.3) is 11.0 Å². The lowest BCUT2D eigenvalue weighted by Gasteiger charge is -2.05. The first kappa shape index (κ1) is 12.2. The molecule has 0 aliphatic heterocycles. The maximum atomic E-state index is 13.4. The largest absolute Gasteiger partial charge is 0.322 e. The topological polar surface area (TPSA) is 35.6 Å². The van der Waals surface area contributed by atoms with Gasteiger partial charge in [0.1, 0.15) is 11.6 Å². The fourth-order valence-electron chi connectivity index (χ4n) is 2.16. The van der Waals surface area contributed by atoms with Gasteiger partial charge in [0.2, 0.25) is 0 Å². The predicted molar refractivity (Wildman–Crippen MR) is 71.6 cm³/mol. The Balaban J connectivity index is 2.12. The van der Waals surface area contributed by atoms with Gasteiger partial charge in [-0.3, -0.25) is 4.68 Å². The van der Waals surface area contributed by atoms with Gasteiger partial charge in [-0.2, -0.15) is 5.10 Å². The van der Waals surface area contributed by atoms with Crippen LogP contribution in [0.4, 0.5) is 4.39 Å². The highest BCUT2D eigenvalue weighted by atomic mass is 35.5. The van der Waals surface area contributed by atoms with Crippen LogP contribution in [0, 0.1) is 5.82 Å². The minimum absolute atomic E-state index is 0.277. The van der Waals surface area contributed by atoms with Crippen LogP contribution in [-0.2, 0) is 19.5 Å². The van der Waals surface area contributed by atoms with Crippen molar-refractivity contribution in [3.05, 3.63) is 47.8 Å². The number of fused-ring (bicyclic) bond motifs is 1. The number of hydrogen-bond acceptors (Lipinski definition) is 2. The molecule has 0 atom stereocenters. The molecule has 0 bridgehead atoms. The van der Waals surface area contributed by atoms with E-state index in [1.54, 1.807) is 16.9 Å².